The van der Waals surface area contributed by atoms with Gasteiger partial charge in [-0.2, -0.15) is 0 Å². The van der Waals surface area contributed by atoms with Crippen molar-refractivity contribution >= 4 is 27.4 Å². The molecule has 1 aromatic rings. The fourth-order valence-corrected chi connectivity index (χ4v) is 12.1. The molecule has 11 atom stereocenters. The maximum absolute atomic E-state index is 14.6. The average Bonchev–Trinajstić information content (AvgIpc) is 3.54. The Morgan fingerprint density at radius 2 is 1.87 bits per heavy atom. The normalized spacial score (nSPS) is 42.6. The van der Waals surface area contributed by atoms with Crippen LogP contribution in [0.3, 0.4) is 0 Å². The third-order valence-electron chi connectivity index (χ3n) is 12.0. The molecule has 4 fully saturated rings. The van der Waals surface area contributed by atoms with E-state index in [1.54, 1.807) is 11.4 Å². The summed E-state index contributed by atoms with van der Waals surface area (Å²) in [4.78, 5) is 12.3. The molecule has 0 bridgehead atoms. The van der Waals surface area contributed by atoms with Crippen molar-refractivity contribution in [2.45, 2.75) is 102 Å². The summed E-state index contributed by atoms with van der Waals surface area (Å²) in [7, 11) is -3.84. The first-order valence-electron chi connectivity index (χ1n) is 15.1. The molecule has 5 rings (SSSR count). The molecule has 39 heavy (non-hydrogen) atoms. The Morgan fingerprint density at radius 3 is 2.56 bits per heavy atom. The number of sulfonamides is 1. The summed E-state index contributed by atoms with van der Waals surface area (Å²) in [5.74, 6) is 2.57. The molecular formula is C30H47FN2O4S2. The molecule has 4 saturated carbocycles. The third-order valence-corrected chi connectivity index (χ3v) is 14.7. The van der Waals surface area contributed by atoms with Crippen LogP contribution in [-0.4, -0.2) is 38.4 Å². The summed E-state index contributed by atoms with van der Waals surface area (Å²) in [6.45, 7) is 9.71. The second-order valence-corrected chi connectivity index (χ2v) is 16.5. The average molecular weight is 583 g/mol. The highest BCUT2D eigenvalue weighted by Crippen LogP contribution is 2.69. The van der Waals surface area contributed by atoms with E-state index in [1.165, 1.54) is 6.07 Å². The van der Waals surface area contributed by atoms with Gasteiger partial charge in [0.2, 0.25) is 0 Å². The van der Waals surface area contributed by atoms with Gasteiger partial charge in [0, 0.05) is 6.54 Å². The summed E-state index contributed by atoms with van der Waals surface area (Å²) in [5, 5.41) is 16.2. The number of halogens is 1. The van der Waals surface area contributed by atoms with Gasteiger partial charge in [-0.15, -0.1) is 11.3 Å². The number of alkyl halides is 1. The van der Waals surface area contributed by atoms with Gasteiger partial charge in [-0.25, -0.2) is 22.3 Å². The van der Waals surface area contributed by atoms with Gasteiger partial charge in [-0.05, 0) is 115 Å². The zero-order chi connectivity index (χ0) is 28.2. The second kappa shape index (κ2) is 10.9. The first-order valence-corrected chi connectivity index (χ1v) is 17.4. The highest BCUT2D eigenvalue weighted by Gasteiger charge is 2.64. The van der Waals surface area contributed by atoms with Gasteiger partial charge < -0.3 is 10.4 Å². The minimum atomic E-state index is -3.84. The Labute approximate surface area is 238 Å². The minimum Gasteiger partial charge on any atom is -0.393 e. The maximum atomic E-state index is 14.6. The number of hydrogen-bond donors (Lipinski definition) is 3. The monoisotopic (exact) mass is 582 g/mol. The number of fused-ring (bicyclic) bond motifs is 5. The van der Waals surface area contributed by atoms with Gasteiger partial charge in [0.15, 0.2) is 0 Å². The Balaban J connectivity index is 1.23. The Bertz CT molecular complexity index is 1130. The molecule has 0 aliphatic heterocycles. The van der Waals surface area contributed by atoms with Crippen molar-refractivity contribution in [2.24, 2.45) is 52.3 Å². The Kier molecular flexibility index (Phi) is 8.19. The maximum Gasteiger partial charge on any atom is 0.328 e. The van der Waals surface area contributed by atoms with Crippen molar-refractivity contribution in [3.63, 3.8) is 0 Å². The predicted molar refractivity (Wildman–Crippen MR) is 152 cm³/mol. The van der Waals surface area contributed by atoms with E-state index in [1.807, 2.05) is 0 Å². The molecule has 0 saturated heterocycles. The van der Waals surface area contributed by atoms with Gasteiger partial charge in [-0.1, -0.05) is 40.2 Å². The van der Waals surface area contributed by atoms with Crippen LogP contribution in [0.2, 0.25) is 0 Å². The lowest BCUT2D eigenvalue weighted by Gasteiger charge is -2.64. The van der Waals surface area contributed by atoms with Crippen LogP contribution < -0.4 is 10.0 Å². The number of urea groups is 1. The summed E-state index contributed by atoms with van der Waals surface area (Å²) in [6.07, 6.45) is 7.36. The molecule has 0 spiro atoms. The van der Waals surface area contributed by atoms with E-state index < -0.39 is 22.2 Å². The van der Waals surface area contributed by atoms with Gasteiger partial charge in [-0.3, -0.25) is 0 Å². The fourth-order valence-electron chi connectivity index (χ4n) is 10.1. The quantitative estimate of drug-likeness (QED) is 0.348. The highest BCUT2D eigenvalue weighted by molar-refractivity contribution is 7.92. The first kappa shape index (κ1) is 29.3. The minimum absolute atomic E-state index is 0.124. The van der Waals surface area contributed by atoms with Crippen LogP contribution in [0, 0.1) is 52.3 Å². The SMILES string of the molecule is CC[C@H]1[C@@H](O)[C@@H]2[C@H](CC[C@]3(C)[C@@H]([C@H](C)CCNC(=O)NS(=O)(=O)c4cccs4)CC[C@@H]23)[C@@]2(C)CC[C@H](F)C[C@@H]12. The van der Waals surface area contributed by atoms with Crippen LogP contribution >= 0.6 is 11.3 Å². The van der Waals surface area contributed by atoms with Crippen molar-refractivity contribution in [3.8, 4) is 0 Å². The first-order chi connectivity index (χ1) is 18.4. The third kappa shape index (κ3) is 5.07. The van der Waals surface area contributed by atoms with E-state index in [-0.39, 0.29) is 38.9 Å². The van der Waals surface area contributed by atoms with Crippen LogP contribution in [0.25, 0.3) is 0 Å². The molecule has 9 heteroatoms. The number of carbonyl (C=O) groups excluding carboxylic acids is 1. The van der Waals surface area contributed by atoms with Crippen molar-refractivity contribution in [1.29, 1.82) is 0 Å². The lowest BCUT2D eigenvalue weighted by atomic mass is 9.41. The molecule has 4 aliphatic rings. The molecule has 6 nitrogen and oxygen atoms in total. The lowest BCUT2D eigenvalue weighted by molar-refractivity contribution is -0.199. The van der Waals surface area contributed by atoms with E-state index in [9.17, 15) is 22.7 Å². The summed E-state index contributed by atoms with van der Waals surface area (Å²) in [6, 6.07) is 2.43. The van der Waals surface area contributed by atoms with Gasteiger partial charge >= 0.3 is 6.03 Å². The van der Waals surface area contributed by atoms with E-state index in [0.717, 1.165) is 56.3 Å². The molecule has 1 heterocycles. The van der Waals surface area contributed by atoms with Crippen LogP contribution in [0.1, 0.15) is 85.5 Å². The lowest BCUT2D eigenvalue weighted by Crippen LogP contribution is -2.62. The van der Waals surface area contributed by atoms with Crippen molar-refractivity contribution in [3.05, 3.63) is 17.5 Å². The number of hydrogen-bond acceptors (Lipinski definition) is 5. The topological polar surface area (TPSA) is 95.5 Å². The van der Waals surface area contributed by atoms with Gasteiger partial charge in [0.25, 0.3) is 10.0 Å². The zero-order valence-electron chi connectivity index (χ0n) is 23.9. The molecule has 220 valence electrons. The number of amides is 2. The number of rotatable bonds is 7. The highest BCUT2D eigenvalue weighted by atomic mass is 32.2. The molecule has 0 aromatic carbocycles. The van der Waals surface area contributed by atoms with E-state index >= 15 is 0 Å². The number of aliphatic hydroxyl groups is 1. The molecular weight excluding hydrogens is 535 g/mol. The molecule has 1 aromatic heterocycles. The van der Waals surface area contributed by atoms with Crippen LogP contribution in [0.5, 0.6) is 0 Å². The number of aliphatic hydroxyl groups excluding tert-OH is 1. The second-order valence-electron chi connectivity index (χ2n) is 13.6. The van der Waals surface area contributed by atoms with Crippen LogP contribution in [-0.2, 0) is 10.0 Å². The molecule has 3 N–H and O–H groups in total. The van der Waals surface area contributed by atoms with Gasteiger partial charge in [0.1, 0.15) is 10.4 Å². The molecule has 0 radical (unpaired) electrons. The molecule has 4 aliphatic carbocycles. The largest absolute Gasteiger partial charge is 0.393 e. The zero-order valence-corrected chi connectivity index (χ0v) is 25.5. The molecule has 2 amide bonds. The molecule has 0 unspecified atom stereocenters. The van der Waals surface area contributed by atoms with Crippen molar-refractivity contribution in [2.75, 3.05) is 6.54 Å². The number of nitrogens with one attached hydrogen (secondary N) is 2. The smallest absolute Gasteiger partial charge is 0.328 e. The number of thiophene rings is 1. The van der Waals surface area contributed by atoms with E-state index in [2.05, 4.69) is 37.7 Å². The van der Waals surface area contributed by atoms with Crippen molar-refractivity contribution in [1.82, 2.24) is 10.0 Å². The standard InChI is InChI=1S/C30H47FN2O4S2/c1-5-20-24-17-19(31)10-13-30(24,4)23-11-14-29(3)21(8-9-22(29)26(23)27(20)34)18(2)12-15-32-28(35)33-39(36,37)25-7-6-16-38-25/h6-7,16,18-24,26-27,34H,5,8-15,17H2,1-4H3,(H2,32,33,35)/t18-,19+,20-,21-,22+,23+,24+,26+,27-,29-,30-/m1/s1. The van der Waals surface area contributed by atoms with Crippen molar-refractivity contribution < 1.29 is 22.7 Å². The summed E-state index contributed by atoms with van der Waals surface area (Å²) < 4.78 is 41.4. The number of carbonyl (C=O) groups is 1. The van der Waals surface area contributed by atoms with E-state index in [0.29, 0.717) is 43.1 Å². The van der Waals surface area contributed by atoms with Gasteiger partial charge in [0.05, 0.1) is 6.10 Å². The van der Waals surface area contributed by atoms with Crippen LogP contribution in [0.4, 0.5) is 9.18 Å². The Morgan fingerprint density at radius 1 is 1.15 bits per heavy atom. The Hall–Kier alpha value is -1.19. The summed E-state index contributed by atoms with van der Waals surface area (Å²) >= 11 is 1.08. The van der Waals surface area contributed by atoms with Crippen LogP contribution in [0.15, 0.2) is 21.7 Å². The fraction of sp³-hybridized carbons (Fsp3) is 0.833. The van der Waals surface area contributed by atoms with E-state index in [4.69, 9.17) is 0 Å². The summed E-state index contributed by atoms with van der Waals surface area (Å²) in [5.41, 5.74) is 0.268. The predicted octanol–water partition coefficient (Wildman–Crippen LogP) is 6.37.